The van der Waals surface area contributed by atoms with E-state index in [1.54, 1.807) is 17.8 Å². The zero-order valence-electron chi connectivity index (χ0n) is 24.1. The molecule has 2 atom stereocenters. The van der Waals surface area contributed by atoms with Crippen LogP contribution in [0.4, 0.5) is 5.69 Å². The molecule has 1 aromatic heterocycles. The standard InChI is InChI=1S/C33H37N5O4/c1-3-42-32(40)31(27-12-8-5-9-13-27)35-30(39)22-25-18-20-36(21-19-25)28-14-16-29(17-15-28)37-23-34-38(33(37)41)24(2)26-10-6-4-7-11-26/h4-17,23-25,31H,3,18-22H2,1-2H3,(H,35,39)/t24?,31-/m0/s1. The average Bonchev–Trinajstić information content (AvgIpc) is 3.42. The molecule has 42 heavy (non-hydrogen) atoms. The third-order valence-electron chi connectivity index (χ3n) is 7.88. The molecule has 9 heteroatoms. The molecule has 0 radical (unpaired) electrons. The van der Waals surface area contributed by atoms with Gasteiger partial charge < -0.3 is 15.0 Å². The molecule has 1 aliphatic rings. The molecule has 1 fully saturated rings. The van der Waals surface area contributed by atoms with Crippen molar-refractivity contribution in [1.82, 2.24) is 19.7 Å². The Morgan fingerprint density at radius 2 is 1.50 bits per heavy atom. The zero-order chi connectivity index (χ0) is 29.5. The summed E-state index contributed by atoms with van der Waals surface area (Å²) < 4.78 is 8.26. The van der Waals surface area contributed by atoms with Gasteiger partial charge in [0.05, 0.1) is 18.3 Å². The van der Waals surface area contributed by atoms with E-state index in [2.05, 4.69) is 15.3 Å². The molecule has 1 amide bonds. The summed E-state index contributed by atoms with van der Waals surface area (Å²) in [6, 6.07) is 26.0. The van der Waals surface area contributed by atoms with Gasteiger partial charge in [0.25, 0.3) is 0 Å². The SMILES string of the molecule is CCOC(=O)[C@@H](NC(=O)CC1CCN(c2ccc(-n3cnn(C(C)c4ccccc4)c3=O)cc2)CC1)c1ccccc1. The van der Waals surface area contributed by atoms with E-state index in [1.165, 1.54) is 4.68 Å². The topological polar surface area (TPSA) is 98.5 Å². The van der Waals surface area contributed by atoms with Crippen molar-refractivity contribution >= 4 is 17.6 Å². The number of nitrogens with one attached hydrogen (secondary N) is 1. The highest BCUT2D eigenvalue weighted by Crippen LogP contribution is 2.27. The van der Waals surface area contributed by atoms with Gasteiger partial charge in [-0.25, -0.2) is 18.8 Å². The minimum absolute atomic E-state index is 0.146. The predicted molar refractivity (Wildman–Crippen MR) is 162 cm³/mol. The first-order valence-corrected chi connectivity index (χ1v) is 14.5. The maximum Gasteiger partial charge on any atom is 0.350 e. The highest BCUT2D eigenvalue weighted by molar-refractivity contribution is 5.85. The lowest BCUT2D eigenvalue weighted by molar-refractivity contribution is -0.147. The molecule has 218 valence electrons. The second-order valence-electron chi connectivity index (χ2n) is 10.6. The highest BCUT2D eigenvalue weighted by atomic mass is 16.5. The van der Waals surface area contributed by atoms with Gasteiger partial charge in [0.1, 0.15) is 6.33 Å². The molecule has 3 aromatic carbocycles. The largest absolute Gasteiger partial charge is 0.464 e. The first kappa shape index (κ1) is 28.9. The van der Waals surface area contributed by atoms with E-state index in [1.807, 2.05) is 91.9 Å². The van der Waals surface area contributed by atoms with E-state index in [9.17, 15) is 14.4 Å². The van der Waals surface area contributed by atoms with E-state index in [0.29, 0.717) is 12.0 Å². The quantitative estimate of drug-likeness (QED) is 0.280. The van der Waals surface area contributed by atoms with E-state index in [-0.39, 0.29) is 30.2 Å². The summed E-state index contributed by atoms with van der Waals surface area (Å²) in [5, 5.41) is 7.26. The van der Waals surface area contributed by atoms with Crippen LogP contribution in [0.5, 0.6) is 0 Å². The van der Waals surface area contributed by atoms with Crippen molar-refractivity contribution in [2.45, 2.75) is 45.2 Å². The fourth-order valence-electron chi connectivity index (χ4n) is 5.48. The third kappa shape index (κ3) is 6.62. The van der Waals surface area contributed by atoms with Crippen molar-refractivity contribution < 1.29 is 14.3 Å². The molecule has 9 nitrogen and oxygen atoms in total. The van der Waals surface area contributed by atoms with Gasteiger partial charge in [-0.2, -0.15) is 5.10 Å². The summed E-state index contributed by atoms with van der Waals surface area (Å²) in [5.74, 6) is -0.363. The number of piperidine rings is 1. The monoisotopic (exact) mass is 567 g/mol. The van der Waals surface area contributed by atoms with Crippen molar-refractivity contribution in [1.29, 1.82) is 0 Å². The second kappa shape index (κ2) is 13.3. The fraction of sp³-hybridized carbons (Fsp3) is 0.333. The van der Waals surface area contributed by atoms with Crippen LogP contribution in [0, 0.1) is 5.92 Å². The number of nitrogens with zero attached hydrogens (tertiary/aromatic N) is 4. The minimum Gasteiger partial charge on any atom is -0.464 e. The van der Waals surface area contributed by atoms with Crippen LogP contribution in [-0.2, 0) is 14.3 Å². The van der Waals surface area contributed by atoms with Gasteiger partial charge in [-0.3, -0.25) is 4.79 Å². The number of hydrogen-bond donors (Lipinski definition) is 1. The lowest BCUT2D eigenvalue weighted by Crippen LogP contribution is -2.38. The van der Waals surface area contributed by atoms with Gasteiger partial charge in [0, 0.05) is 25.2 Å². The summed E-state index contributed by atoms with van der Waals surface area (Å²) >= 11 is 0. The number of carbonyl (C=O) groups is 2. The van der Waals surface area contributed by atoms with Crippen molar-refractivity contribution in [3.05, 3.63) is 113 Å². The molecule has 0 spiro atoms. The van der Waals surface area contributed by atoms with Crippen LogP contribution in [0.25, 0.3) is 5.69 Å². The van der Waals surface area contributed by atoms with Crippen molar-refractivity contribution in [3.63, 3.8) is 0 Å². The molecule has 5 rings (SSSR count). The van der Waals surface area contributed by atoms with Gasteiger partial charge >= 0.3 is 11.7 Å². The van der Waals surface area contributed by atoms with Crippen molar-refractivity contribution in [2.24, 2.45) is 5.92 Å². The molecule has 1 unspecified atom stereocenters. The average molecular weight is 568 g/mol. The Balaban J connectivity index is 1.16. The lowest BCUT2D eigenvalue weighted by atomic mass is 9.92. The zero-order valence-corrected chi connectivity index (χ0v) is 24.1. The Hall–Kier alpha value is -4.66. The van der Waals surface area contributed by atoms with Crippen LogP contribution >= 0.6 is 0 Å². The van der Waals surface area contributed by atoms with Gasteiger partial charge in [-0.15, -0.1) is 0 Å². The predicted octanol–water partition coefficient (Wildman–Crippen LogP) is 4.67. The van der Waals surface area contributed by atoms with E-state index in [0.717, 1.165) is 42.9 Å². The van der Waals surface area contributed by atoms with Gasteiger partial charge in [-0.05, 0) is 68.0 Å². The molecule has 0 bridgehead atoms. The second-order valence-corrected chi connectivity index (χ2v) is 10.6. The summed E-state index contributed by atoms with van der Waals surface area (Å²) in [6.07, 6.45) is 3.67. The summed E-state index contributed by atoms with van der Waals surface area (Å²) in [7, 11) is 0. The van der Waals surface area contributed by atoms with Crippen LogP contribution < -0.4 is 15.9 Å². The van der Waals surface area contributed by atoms with E-state index >= 15 is 0 Å². The maximum atomic E-state index is 13.1. The molecule has 1 saturated heterocycles. The number of hydrogen-bond acceptors (Lipinski definition) is 6. The molecule has 1 N–H and O–H groups in total. The van der Waals surface area contributed by atoms with Crippen LogP contribution in [0.3, 0.4) is 0 Å². The minimum atomic E-state index is -0.807. The number of rotatable bonds is 10. The Bertz CT molecular complexity index is 1520. The van der Waals surface area contributed by atoms with Crippen LogP contribution in [0.1, 0.15) is 56.3 Å². The number of esters is 1. The third-order valence-corrected chi connectivity index (χ3v) is 7.88. The van der Waals surface area contributed by atoms with Gasteiger partial charge in [0.2, 0.25) is 5.91 Å². The summed E-state index contributed by atoms with van der Waals surface area (Å²) in [4.78, 5) is 40.8. The number of benzene rings is 3. The Kier molecular flexibility index (Phi) is 9.16. The molecule has 1 aliphatic heterocycles. The normalized spacial score (nSPS) is 15.1. The number of anilines is 1. The lowest BCUT2D eigenvalue weighted by Gasteiger charge is -2.33. The van der Waals surface area contributed by atoms with E-state index < -0.39 is 12.0 Å². The Morgan fingerprint density at radius 1 is 0.905 bits per heavy atom. The highest BCUT2D eigenvalue weighted by Gasteiger charge is 2.27. The first-order valence-electron chi connectivity index (χ1n) is 14.5. The van der Waals surface area contributed by atoms with Gasteiger partial charge in [-0.1, -0.05) is 60.7 Å². The number of ether oxygens (including phenoxy) is 1. The Labute approximate surface area is 245 Å². The fourth-order valence-corrected chi connectivity index (χ4v) is 5.48. The number of carbonyl (C=O) groups excluding carboxylic acids is 2. The molecule has 0 aliphatic carbocycles. The maximum absolute atomic E-state index is 13.1. The molecular weight excluding hydrogens is 530 g/mol. The van der Waals surface area contributed by atoms with Crippen molar-refractivity contribution in [2.75, 3.05) is 24.6 Å². The summed E-state index contributed by atoms with van der Waals surface area (Å²) in [5.41, 5.74) is 3.39. The number of amides is 1. The molecule has 4 aromatic rings. The smallest absolute Gasteiger partial charge is 0.350 e. The molecule has 0 saturated carbocycles. The van der Waals surface area contributed by atoms with Gasteiger partial charge in [0.15, 0.2) is 6.04 Å². The molecule has 2 heterocycles. The van der Waals surface area contributed by atoms with E-state index in [4.69, 9.17) is 4.74 Å². The first-order chi connectivity index (χ1) is 20.4. The summed E-state index contributed by atoms with van der Waals surface area (Å²) in [6.45, 7) is 5.62. The van der Waals surface area contributed by atoms with Crippen molar-refractivity contribution in [3.8, 4) is 5.69 Å². The number of aromatic nitrogens is 3. The Morgan fingerprint density at radius 3 is 2.12 bits per heavy atom. The van der Waals surface area contributed by atoms with Crippen LogP contribution in [0.2, 0.25) is 0 Å². The van der Waals surface area contributed by atoms with Crippen LogP contribution in [0.15, 0.2) is 96.1 Å². The molecular formula is C33H37N5O4. The van der Waals surface area contributed by atoms with Crippen LogP contribution in [-0.4, -0.2) is 45.9 Å².